The minimum atomic E-state index is 0. The van der Waals surface area contributed by atoms with Gasteiger partial charge in [-0.15, -0.1) is 0 Å². The highest BCUT2D eigenvalue weighted by Crippen LogP contribution is 2.15. The number of rotatable bonds is 13. The molecule has 0 N–H and O–H groups in total. The van der Waals surface area contributed by atoms with Crippen LogP contribution in [0.1, 0.15) is 83.6 Å². The van der Waals surface area contributed by atoms with Gasteiger partial charge in [-0.2, -0.15) is 0 Å². The Kier molecular flexibility index (Phi) is 16.1. The fraction of sp³-hybridized carbons (Fsp3) is 0.737. The molecule has 0 bridgehead atoms. The molecular weight excluding hydrogens is 402 g/mol. The fourth-order valence-corrected chi connectivity index (χ4v) is 3.49. The molecule has 0 aromatic carbocycles. The Hall–Kier alpha value is 0.110. The van der Waals surface area contributed by atoms with E-state index >= 15 is 0 Å². The van der Waals surface area contributed by atoms with E-state index in [0.717, 1.165) is 5.33 Å². The van der Waals surface area contributed by atoms with E-state index in [2.05, 4.69) is 58.0 Å². The Morgan fingerprint density at radius 3 is 1.77 bits per heavy atom. The van der Waals surface area contributed by atoms with Crippen molar-refractivity contribution < 1.29 is 21.5 Å². The molecule has 1 atom stereocenters. The minimum Gasteiger partial charge on any atom is -1.00 e. The second-order valence-electron chi connectivity index (χ2n) is 6.10. The number of alkyl halides is 1. The third-order valence-corrected chi connectivity index (χ3v) is 4.98. The van der Waals surface area contributed by atoms with Crippen molar-refractivity contribution in [1.29, 1.82) is 0 Å². The Balaban J connectivity index is 0.00000441. The first-order valence-electron chi connectivity index (χ1n) is 8.90. The van der Waals surface area contributed by atoms with E-state index in [1.807, 2.05) is 0 Å². The molecule has 0 aliphatic heterocycles. The predicted octanol–water partition coefficient (Wildman–Crippen LogP) is 3.23. The maximum atomic E-state index is 3.66. The van der Waals surface area contributed by atoms with Crippen LogP contribution >= 0.6 is 15.9 Å². The van der Waals surface area contributed by atoms with E-state index in [1.165, 1.54) is 70.6 Å². The second kappa shape index (κ2) is 16.0. The van der Waals surface area contributed by atoms with Gasteiger partial charge in [-0.3, -0.25) is 0 Å². The second-order valence-corrected chi connectivity index (χ2v) is 6.75. The number of aromatic nitrogens is 1. The summed E-state index contributed by atoms with van der Waals surface area (Å²) in [5.41, 5.74) is 0. The summed E-state index contributed by atoms with van der Waals surface area (Å²) in [6.45, 7) is 2.29. The molecule has 0 saturated carbocycles. The van der Waals surface area contributed by atoms with Gasteiger partial charge in [0.05, 0.1) is 5.33 Å². The van der Waals surface area contributed by atoms with Crippen molar-refractivity contribution in [2.24, 2.45) is 0 Å². The molecule has 1 heterocycles. The van der Waals surface area contributed by atoms with Crippen molar-refractivity contribution >= 4 is 15.9 Å². The maximum absolute atomic E-state index is 3.66. The summed E-state index contributed by atoms with van der Waals surface area (Å²) in [7, 11) is 0. The smallest absolute Gasteiger partial charge is 0.169 e. The topological polar surface area (TPSA) is 3.88 Å². The van der Waals surface area contributed by atoms with Crippen LogP contribution in [-0.4, -0.2) is 5.33 Å². The Bertz CT molecular complexity index is 329. The molecule has 0 fully saturated rings. The van der Waals surface area contributed by atoms with Crippen LogP contribution in [-0.2, 0) is 0 Å². The van der Waals surface area contributed by atoms with Gasteiger partial charge in [0, 0.05) is 18.6 Å². The zero-order chi connectivity index (χ0) is 15.2. The Labute approximate surface area is 156 Å². The highest BCUT2D eigenvalue weighted by atomic mass is 79.9. The Morgan fingerprint density at radius 2 is 1.27 bits per heavy atom. The normalized spacial score (nSPS) is 11.9. The van der Waals surface area contributed by atoms with Crippen molar-refractivity contribution in [2.45, 2.75) is 83.6 Å². The first-order valence-corrected chi connectivity index (χ1v) is 10.0. The van der Waals surface area contributed by atoms with E-state index in [1.54, 1.807) is 0 Å². The molecule has 0 aliphatic carbocycles. The van der Waals surface area contributed by atoms with Crippen LogP contribution in [0.3, 0.4) is 0 Å². The molecule has 1 aromatic heterocycles. The number of nitrogens with zero attached hydrogens (tertiary/aromatic N) is 1. The lowest BCUT2D eigenvalue weighted by atomic mass is 10.0. The summed E-state index contributed by atoms with van der Waals surface area (Å²) in [6.07, 6.45) is 19.8. The van der Waals surface area contributed by atoms with Crippen molar-refractivity contribution in [3.05, 3.63) is 30.6 Å². The molecule has 0 radical (unpaired) electrons. The van der Waals surface area contributed by atoms with E-state index in [-0.39, 0.29) is 17.0 Å². The summed E-state index contributed by atoms with van der Waals surface area (Å²) < 4.78 is 2.34. The Morgan fingerprint density at radius 1 is 0.773 bits per heavy atom. The largest absolute Gasteiger partial charge is 1.00 e. The third kappa shape index (κ3) is 10.8. The number of halogens is 2. The number of hydrogen-bond donors (Lipinski definition) is 0. The van der Waals surface area contributed by atoms with Crippen LogP contribution in [0.4, 0.5) is 0 Å². The molecular formula is C19H33Br2N. The molecule has 1 nitrogen and oxygen atoms in total. The first kappa shape index (κ1) is 22.1. The predicted molar refractivity (Wildman–Crippen MR) is 95.9 cm³/mol. The van der Waals surface area contributed by atoms with Gasteiger partial charge in [0.2, 0.25) is 0 Å². The summed E-state index contributed by atoms with van der Waals surface area (Å²) in [5.74, 6) is 0. The molecule has 0 saturated heterocycles. The lowest BCUT2D eigenvalue weighted by Crippen LogP contribution is -3.00. The van der Waals surface area contributed by atoms with Gasteiger partial charge in [-0.1, -0.05) is 86.7 Å². The van der Waals surface area contributed by atoms with Crippen molar-refractivity contribution in [3.63, 3.8) is 0 Å². The van der Waals surface area contributed by atoms with Crippen LogP contribution in [0.5, 0.6) is 0 Å². The van der Waals surface area contributed by atoms with Crippen molar-refractivity contribution in [1.82, 2.24) is 0 Å². The fourth-order valence-electron chi connectivity index (χ4n) is 2.83. The van der Waals surface area contributed by atoms with Gasteiger partial charge in [0.1, 0.15) is 0 Å². The summed E-state index contributed by atoms with van der Waals surface area (Å²) in [5, 5.41) is 1.05. The summed E-state index contributed by atoms with van der Waals surface area (Å²) in [6, 6.07) is 6.94. The van der Waals surface area contributed by atoms with Crippen LogP contribution in [0.15, 0.2) is 30.6 Å². The molecule has 1 rings (SSSR count). The summed E-state index contributed by atoms with van der Waals surface area (Å²) >= 11 is 3.66. The molecule has 1 unspecified atom stereocenters. The average Bonchev–Trinajstić information content (AvgIpc) is 2.54. The number of unbranched alkanes of at least 4 members (excludes halogenated alkanes) is 9. The van der Waals surface area contributed by atoms with E-state index in [0.29, 0.717) is 6.04 Å². The lowest BCUT2D eigenvalue weighted by Gasteiger charge is -2.09. The number of pyridine rings is 1. The van der Waals surface area contributed by atoms with Crippen LogP contribution in [0, 0.1) is 0 Å². The van der Waals surface area contributed by atoms with E-state index in [4.69, 9.17) is 0 Å². The van der Waals surface area contributed by atoms with Gasteiger partial charge in [0.25, 0.3) is 0 Å². The van der Waals surface area contributed by atoms with E-state index < -0.39 is 0 Å². The SMILES string of the molecule is CCCCCCCCCCCCC(CBr)[n+]1ccccc1.[Br-]. The highest BCUT2D eigenvalue weighted by molar-refractivity contribution is 9.09. The zero-order valence-electron chi connectivity index (χ0n) is 14.2. The zero-order valence-corrected chi connectivity index (χ0v) is 17.3. The van der Waals surface area contributed by atoms with Crippen LogP contribution < -0.4 is 21.5 Å². The third-order valence-electron chi connectivity index (χ3n) is 4.23. The van der Waals surface area contributed by atoms with Gasteiger partial charge in [-0.25, -0.2) is 4.57 Å². The summed E-state index contributed by atoms with van der Waals surface area (Å²) in [4.78, 5) is 0. The molecule has 0 amide bonds. The maximum Gasteiger partial charge on any atom is 0.169 e. The quantitative estimate of drug-likeness (QED) is 0.255. The standard InChI is InChI=1S/C19H33BrN.BrH/c1-2-3-4-5-6-7-8-9-10-12-15-19(18-20)21-16-13-11-14-17-21;/h11,13-14,16-17,19H,2-10,12,15,18H2,1H3;1H/q+1;/p-1. The highest BCUT2D eigenvalue weighted by Gasteiger charge is 2.15. The molecule has 22 heavy (non-hydrogen) atoms. The molecule has 0 aliphatic rings. The molecule has 3 heteroatoms. The average molecular weight is 435 g/mol. The van der Waals surface area contributed by atoms with Crippen molar-refractivity contribution in [3.8, 4) is 0 Å². The molecule has 0 spiro atoms. The van der Waals surface area contributed by atoms with E-state index in [9.17, 15) is 0 Å². The number of hydrogen-bond acceptors (Lipinski definition) is 0. The van der Waals surface area contributed by atoms with Gasteiger partial charge < -0.3 is 17.0 Å². The van der Waals surface area contributed by atoms with Gasteiger partial charge in [-0.05, 0) is 6.42 Å². The van der Waals surface area contributed by atoms with Gasteiger partial charge >= 0.3 is 0 Å². The van der Waals surface area contributed by atoms with Crippen LogP contribution in [0.25, 0.3) is 0 Å². The van der Waals surface area contributed by atoms with Crippen molar-refractivity contribution in [2.75, 3.05) is 5.33 Å². The molecule has 1 aromatic rings. The van der Waals surface area contributed by atoms with Crippen LogP contribution in [0.2, 0.25) is 0 Å². The van der Waals surface area contributed by atoms with Gasteiger partial charge in [0.15, 0.2) is 18.4 Å². The first-order chi connectivity index (χ1) is 10.4. The minimum absolute atomic E-state index is 0. The lowest BCUT2D eigenvalue weighted by molar-refractivity contribution is -0.719. The monoisotopic (exact) mass is 433 g/mol. The molecule has 128 valence electrons.